The molecule has 0 heterocycles. The molecule has 0 aliphatic carbocycles. The van der Waals surface area contributed by atoms with Crippen LogP contribution in [-0.4, -0.2) is 23.5 Å². The summed E-state index contributed by atoms with van der Waals surface area (Å²) in [5, 5.41) is 7.28. The van der Waals surface area contributed by atoms with Crippen LogP contribution < -0.4 is 15.5 Å². The fourth-order valence-electron chi connectivity index (χ4n) is 2.73. The third-order valence-electron chi connectivity index (χ3n) is 4.50. The van der Waals surface area contributed by atoms with Gasteiger partial charge in [-0.2, -0.15) is 5.10 Å². The third kappa shape index (κ3) is 6.41. The molecule has 0 atom stereocenters. The van der Waals surface area contributed by atoms with Gasteiger partial charge >= 0.3 is 17.8 Å². The Morgan fingerprint density at radius 3 is 2.39 bits per heavy atom. The minimum Gasteiger partial charge on any atom is -0.422 e. The number of esters is 1. The van der Waals surface area contributed by atoms with Crippen LogP contribution in [-0.2, 0) is 9.59 Å². The van der Waals surface area contributed by atoms with Crippen LogP contribution in [0.3, 0.4) is 0 Å². The lowest BCUT2D eigenvalue weighted by Gasteiger charge is -2.10. The van der Waals surface area contributed by atoms with Crippen molar-refractivity contribution in [3.05, 3.63) is 93.5 Å². The monoisotopic (exact) mass is 483 g/mol. The number of anilines is 1. The van der Waals surface area contributed by atoms with Gasteiger partial charge in [-0.1, -0.05) is 47.5 Å². The molecule has 0 saturated carbocycles. The topological polar surface area (TPSA) is 96.9 Å². The number of nitrogens with zero attached hydrogens (tertiary/aromatic N) is 1. The van der Waals surface area contributed by atoms with E-state index in [2.05, 4.69) is 15.8 Å². The molecule has 0 unspecified atom stereocenters. The van der Waals surface area contributed by atoms with Gasteiger partial charge in [-0.15, -0.1) is 0 Å². The molecule has 3 aromatic carbocycles. The highest BCUT2D eigenvalue weighted by atomic mass is 35.5. The molecule has 33 heavy (non-hydrogen) atoms. The number of hydrogen-bond acceptors (Lipinski definition) is 5. The van der Waals surface area contributed by atoms with E-state index in [1.807, 2.05) is 6.92 Å². The van der Waals surface area contributed by atoms with Crippen molar-refractivity contribution in [2.75, 3.05) is 5.32 Å². The van der Waals surface area contributed by atoms with Crippen LogP contribution in [0, 0.1) is 6.92 Å². The number of hydrogen-bond donors (Lipinski definition) is 2. The zero-order valence-corrected chi connectivity index (χ0v) is 19.2. The Morgan fingerprint density at radius 1 is 0.909 bits per heavy atom. The van der Waals surface area contributed by atoms with Crippen LogP contribution in [0.25, 0.3) is 0 Å². The molecule has 0 fully saturated rings. The van der Waals surface area contributed by atoms with Gasteiger partial charge < -0.3 is 10.1 Å². The van der Waals surface area contributed by atoms with E-state index in [9.17, 15) is 14.4 Å². The number of para-hydroxylation sites is 1. The van der Waals surface area contributed by atoms with Gasteiger partial charge in [0, 0.05) is 21.3 Å². The van der Waals surface area contributed by atoms with E-state index in [0.717, 1.165) is 5.56 Å². The molecule has 3 aromatic rings. The first kappa shape index (κ1) is 24.0. The standard InChI is InChI=1S/C24H19Cl2N3O4/c1-14-10-11-18(13-20(14)26)27-22(30)23(31)29-28-15(2)19-8-3-4-9-21(19)33-24(32)16-6-5-7-17(25)12-16/h3-13H,1-2H3,(H,27,30)(H,29,31)/b28-15+. The minimum atomic E-state index is -0.973. The van der Waals surface area contributed by atoms with E-state index >= 15 is 0 Å². The van der Waals surface area contributed by atoms with Crippen molar-refractivity contribution in [2.24, 2.45) is 5.10 Å². The Morgan fingerprint density at radius 2 is 1.67 bits per heavy atom. The molecule has 0 saturated heterocycles. The first-order valence-corrected chi connectivity index (χ1v) is 10.5. The summed E-state index contributed by atoms with van der Waals surface area (Å²) >= 11 is 12.0. The van der Waals surface area contributed by atoms with Crippen LogP contribution in [0.1, 0.15) is 28.4 Å². The van der Waals surface area contributed by atoms with Crippen molar-refractivity contribution in [1.29, 1.82) is 0 Å². The molecule has 0 aliphatic heterocycles. The van der Waals surface area contributed by atoms with Gasteiger partial charge in [0.05, 0.1) is 11.3 Å². The second-order valence-corrected chi connectivity index (χ2v) is 7.80. The number of ether oxygens (including phenoxy) is 1. The Labute approximate surface area is 200 Å². The molecule has 0 bridgehead atoms. The fraction of sp³-hybridized carbons (Fsp3) is 0.0833. The lowest BCUT2D eigenvalue weighted by atomic mass is 10.1. The van der Waals surface area contributed by atoms with Crippen LogP contribution in [0.2, 0.25) is 10.0 Å². The predicted molar refractivity (Wildman–Crippen MR) is 128 cm³/mol. The average Bonchev–Trinajstić information content (AvgIpc) is 2.80. The molecule has 0 radical (unpaired) electrons. The minimum absolute atomic E-state index is 0.233. The molecule has 2 N–H and O–H groups in total. The Balaban J connectivity index is 1.69. The van der Waals surface area contributed by atoms with Crippen molar-refractivity contribution in [1.82, 2.24) is 5.43 Å². The van der Waals surface area contributed by atoms with Gasteiger partial charge in [-0.3, -0.25) is 9.59 Å². The summed E-state index contributed by atoms with van der Waals surface area (Å²) in [6.45, 7) is 3.42. The van der Waals surface area contributed by atoms with Crippen molar-refractivity contribution in [2.45, 2.75) is 13.8 Å². The highest BCUT2D eigenvalue weighted by molar-refractivity contribution is 6.40. The van der Waals surface area contributed by atoms with E-state index in [-0.39, 0.29) is 11.3 Å². The zero-order valence-electron chi connectivity index (χ0n) is 17.7. The first-order chi connectivity index (χ1) is 15.7. The lowest BCUT2D eigenvalue weighted by molar-refractivity contribution is -0.136. The number of carbonyl (C=O) groups excluding carboxylic acids is 3. The number of aryl methyl sites for hydroxylation is 1. The first-order valence-electron chi connectivity index (χ1n) is 9.73. The summed E-state index contributed by atoms with van der Waals surface area (Å²) in [4.78, 5) is 36.8. The predicted octanol–water partition coefficient (Wildman–Crippen LogP) is 5.00. The quantitative estimate of drug-likeness (QED) is 0.175. The summed E-state index contributed by atoms with van der Waals surface area (Å²) < 4.78 is 5.48. The molecule has 2 amide bonds. The Bertz CT molecular complexity index is 1260. The van der Waals surface area contributed by atoms with Gasteiger partial charge in [0.25, 0.3) is 0 Å². The maximum Gasteiger partial charge on any atom is 0.343 e. The number of amides is 2. The molecule has 0 aliphatic rings. The number of nitrogens with one attached hydrogen (secondary N) is 2. The molecular weight excluding hydrogens is 465 g/mol. The molecule has 7 nitrogen and oxygen atoms in total. The molecule has 9 heteroatoms. The third-order valence-corrected chi connectivity index (χ3v) is 5.14. The van der Waals surface area contributed by atoms with Crippen molar-refractivity contribution < 1.29 is 19.1 Å². The maximum absolute atomic E-state index is 12.5. The lowest BCUT2D eigenvalue weighted by Crippen LogP contribution is -2.33. The van der Waals surface area contributed by atoms with Crippen molar-refractivity contribution in [3.63, 3.8) is 0 Å². The summed E-state index contributed by atoms with van der Waals surface area (Å²) in [7, 11) is 0. The van der Waals surface area contributed by atoms with E-state index in [1.54, 1.807) is 67.6 Å². The second kappa shape index (κ2) is 10.8. The van der Waals surface area contributed by atoms with E-state index < -0.39 is 17.8 Å². The van der Waals surface area contributed by atoms with Crippen LogP contribution in [0.5, 0.6) is 5.75 Å². The van der Waals surface area contributed by atoms with E-state index in [4.69, 9.17) is 27.9 Å². The summed E-state index contributed by atoms with van der Waals surface area (Å²) in [5.41, 5.74) is 4.48. The van der Waals surface area contributed by atoms with E-state index in [0.29, 0.717) is 27.0 Å². The van der Waals surface area contributed by atoms with Crippen molar-refractivity contribution >= 4 is 52.4 Å². The number of hydrazone groups is 1. The van der Waals surface area contributed by atoms with Gasteiger partial charge in [0.1, 0.15) is 5.75 Å². The van der Waals surface area contributed by atoms with Gasteiger partial charge in [0.2, 0.25) is 0 Å². The highest BCUT2D eigenvalue weighted by Gasteiger charge is 2.16. The number of rotatable bonds is 5. The molecule has 168 valence electrons. The second-order valence-electron chi connectivity index (χ2n) is 6.95. The molecule has 0 aromatic heterocycles. The van der Waals surface area contributed by atoms with Gasteiger partial charge in [-0.25, -0.2) is 10.2 Å². The van der Waals surface area contributed by atoms with E-state index in [1.165, 1.54) is 6.07 Å². The maximum atomic E-state index is 12.5. The summed E-state index contributed by atoms with van der Waals surface area (Å²) in [6.07, 6.45) is 0. The normalized spacial score (nSPS) is 11.0. The number of benzene rings is 3. The summed E-state index contributed by atoms with van der Waals surface area (Å²) in [6, 6.07) is 17.9. The SMILES string of the molecule is C/C(=N\NC(=O)C(=O)Nc1ccc(C)c(Cl)c1)c1ccccc1OC(=O)c1cccc(Cl)c1. The largest absolute Gasteiger partial charge is 0.422 e. The van der Waals surface area contributed by atoms with Gasteiger partial charge in [0.15, 0.2) is 0 Å². The van der Waals surface area contributed by atoms with Crippen molar-refractivity contribution in [3.8, 4) is 5.75 Å². The Hall–Kier alpha value is -3.68. The Kier molecular flexibility index (Phi) is 7.82. The molecule has 0 spiro atoms. The van der Waals surface area contributed by atoms with Gasteiger partial charge in [-0.05, 0) is 61.9 Å². The number of halogens is 2. The van der Waals surface area contributed by atoms with Crippen LogP contribution >= 0.6 is 23.2 Å². The average molecular weight is 484 g/mol. The van der Waals surface area contributed by atoms with Crippen LogP contribution in [0.15, 0.2) is 71.8 Å². The molecule has 3 rings (SSSR count). The summed E-state index contributed by atoms with van der Waals surface area (Å²) in [5.74, 6) is -2.25. The van der Waals surface area contributed by atoms with Crippen LogP contribution in [0.4, 0.5) is 5.69 Å². The smallest absolute Gasteiger partial charge is 0.343 e. The fourth-order valence-corrected chi connectivity index (χ4v) is 3.10. The highest BCUT2D eigenvalue weighted by Crippen LogP contribution is 2.22. The molecular formula is C24H19Cl2N3O4. The zero-order chi connectivity index (χ0) is 24.0. The number of carbonyl (C=O) groups is 3.